The summed E-state index contributed by atoms with van der Waals surface area (Å²) >= 11 is 6.83. The van der Waals surface area contributed by atoms with Gasteiger partial charge in [0.15, 0.2) is 11.1 Å². The van der Waals surface area contributed by atoms with E-state index in [0.29, 0.717) is 4.47 Å². The molecule has 0 aliphatic heterocycles. The Kier molecular flexibility index (Phi) is 3.86. The summed E-state index contributed by atoms with van der Waals surface area (Å²) in [5.74, 6) is -0.333. The minimum absolute atomic E-state index is 0.158. The van der Waals surface area contributed by atoms with Crippen LogP contribution in [0.5, 0.6) is 0 Å². The lowest BCUT2D eigenvalue weighted by Gasteiger charge is -1.88. The van der Waals surface area contributed by atoms with E-state index in [1.807, 2.05) is 0 Å². The molecular weight excluding hydrogens is 224 g/mol. The molecule has 5 nitrogen and oxygen atoms in total. The molecule has 0 atom stereocenters. The number of oxime groups is 1. The zero-order chi connectivity index (χ0) is 10.4. The van der Waals surface area contributed by atoms with Gasteiger partial charge < -0.3 is 9.68 Å². The first-order valence-electron chi connectivity index (χ1n) is 3.34. The van der Waals surface area contributed by atoms with E-state index in [0.717, 1.165) is 4.88 Å². The molecule has 14 heavy (non-hydrogen) atoms. The van der Waals surface area contributed by atoms with Crippen molar-refractivity contribution < 1.29 is 4.84 Å². The SMILES string of the molecule is [C-]#[N+]/C(C#N)=N/OCc1cnc(Cl)s1. The molecule has 1 aromatic rings. The van der Waals surface area contributed by atoms with Gasteiger partial charge in [0.2, 0.25) is 0 Å². The first-order valence-corrected chi connectivity index (χ1v) is 4.53. The van der Waals surface area contributed by atoms with Gasteiger partial charge in [-0.15, -0.1) is 11.3 Å². The van der Waals surface area contributed by atoms with Gasteiger partial charge in [-0.3, -0.25) is 0 Å². The Morgan fingerprint density at radius 3 is 3.21 bits per heavy atom. The van der Waals surface area contributed by atoms with Gasteiger partial charge in [0.25, 0.3) is 0 Å². The fourth-order valence-corrected chi connectivity index (χ4v) is 1.46. The summed E-state index contributed by atoms with van der Waals surface area (Å²) in [5, 5.41) is 11.6. The smallest absolute Gasteiger partial charge is 0.348 e. The van der Waals surface area contributed by atoms with Crippen molar-refractivity contribution in [2.45, 2.75) is 6.61 Å². The Labute approximate surface area is 89.0 Å². The molecule has 0 saturated carbocycles. The maximum Gasteiger partial charge on any atom is 0.392 e. The highest BCUT2D eigenvalue weighted by atomic mass is 35.5. The van der Waals surface area contributed by atoms with Crippen LogP contribution >= 0.6 is 22.9 Å². The van der Waals surface area contributed by atoms with E-state index in [1.165, 1.54) is 11.3 Å². The molecule has 0 aliphatic carbocycles. The van der Waals surface area contributed by atoms with Crippen LogP contribution in [0.3, 0.4) is 0 Å². The quantitative estimate of drug-likeness (QED) is 0.343. The van der Waals surface area contributed by atoms with Crippen molar-refractivity contribution in [2.24, 2.45) is 5.16 Å². The largest absolute Gasteiger partial charge is 0.392 e. The Balaban J connectivity index is 2.47. The van der Waals surface area contributed by atoms with Gasteiger partial charge in [0, 0.05) is 6.20 Å². The third kappa shape index (κ3) is 3.02. The van der Waals surface area contributed by atoms with Gasteiger partial charge in [-0.25, -0.2) is 10.2 Å². The summed E-state index contributed by atoms with van der Waals surface area (Å²) in [4.78, 5) is 12.1. The van der Waals surface area contributed by atoms with E-state index < -0.39 is 0 Å². The summed E-state index contributed by atoms with van der Waals surface area (Å²) < 4.78 is 0.415. The van der Waals surface area contributed by atoms with Crippen molar-refractivity contribution in [2.75, 3.05) is 0 Å². The van der Waals surface area contributed by atoms with Gasteiger partial charge in [-0.05, 0) is 0 Å². The Bertz CT molecular complexity index is 412. The Hall–Kier alpha value is -1.63. The first kappa shape index (κ1) is 10.5. The van der Waals surface area contributed by atoms with Crippen LogP contribution in [-0.2, 0) is 11.4 Å². The lowest BCUT2D eigenvalue weighted by atomic mass is 10.6. The summed E-state index contributed by atoms with van der Waals surface area (Å²) in [6, 6.07) is 1.58. The fraction of sp³-hybridized carbons (Fsp3) is 0.143. The number of rotatable bonds is 3. The number of amidine groups is 1. The third-order valence-corrected chi connectivity index (χ3v) is 2.18. The highest BCUT2D eigenvalue weighted by Gasteiger charge is 2.02. The molecule has 1 rings (SSSR count). The number of nitrogens with zero attached hydrogens (tertiary/aromatic N) is 4. The molecule has 70 valence electrons. The van der Waals surface area contributed by atoms with Gasteiger partial charge >= 0.3 is 5.84 Å². The van der Waals surface area contributed by atoms with Gasteiger partial charge in [0.1, 0.15) is 6.07 Å². The van der Waals surface area contributed by atoms with Crippen molar-refractivity contribution in [1.82, 2.24) is 4.98 Å². The zero-order valence-electron chi connectivity index (χ0n) is 6.77. The van der Waals surface area contributed by atoms with Crippen LogP contribution in [0, 0.1) is 17.9 Å². The molecule has 7 heteroatoms. The van der Waals surface area contributed by atoms with Crippen LogP contribution in [0.15, 0.2) is 11.4 Å². The second-order valence-electron chi connectivity index (χ2n) is 1.99. The molecule has 0 unspecified atom stereocenters. The first-order chi connectivity index (χ1) is 6.76. The van der Waals surface area contributed by atoms with Crippen LogP contribution < -0.4 is 0 Å². The molecular formula is C7H3ClN4OS. The highest BCUT2D eigenvalue weighted by molar-refractivity contribution is 7.15. The van der Waals surface area contributed by atoms with Crippen LogP contribution in [-0.4, -0.2) is 10.8 Å². The molecule has 0 N–H and O–H groups in total. The molecule has 0 spiro atoms. The van der Waals surface area contributed by atoms with E-state index in [9.17, 15) is 0 Å². The van der Waals surface area contributed by atoms with E-state index in [1.54, 1.807) is 12.3 Å². The molecule has 1 heterocycles. The van der Waals surface area contributed by atoms with Gasteiger partial charge in [0.05, 0.1) is 10.0 Å². The number of aromatic nitrogens is 1. The Morgan fingerprint density at radius 1 is 1.93 bits per heavy atom. The van der Waals surface area contributed by atoms with E-state index in [2.05, 4.69) is 15.0 Å². The van der Waals surface area contributed by atoms with Gasteiger partial charge in [-0.2, -0.15) is 0 Å². The van der Waals surface area contributed by atoms with Crippen LogP contribution in [0.1, 0.15) is 4.88 Å². The van der Waals surface area contributed by atoms with Crippen molar-refractivity contribution in [3.05, 3.63) is 27.0 Å². The van der Waals surface area contributed by atoms with Crippen LogP contribution in [0.25, 0.3) is 4.85 Å². The average Bonchev–Trinajstić information content (AvgIpc) is 2.59. The molecule has 0 aromatic carbocycles. The number of thiazole rings is 1. The summed E-state index contributed by atoms with van der Waals surface area (Å²) in [6.45, 7) is 6.67. The van der Waals surface area contributed by atoms with Crippen LogP contribution in [0.2, 0.25) is 4.47 Å². The molecule has 0 saturated heterocycles. The van der Waals surface area contributed by atoms with E-state index in [-0.39, 0.29) is 12.4 Å². The second kappa shape index (κ2) is 5.18. The molecule has 0 bridgehead atoms. The number of hydrogen-bond donors (Lipinski definition) is 0. The lowest BCUT2D eigenvalue weighted by molar-refractivity contribution is 0.133. The topological polar surface area (TPSA) is 62.6 Å². The maximum atomic E-state index is 8.32. The third-order valence-electron chi connectivity index (χ3n) is 1.09. The lowest BCUT2D eigenvalue weighted by Crippen LogP contribution is -1.88. The van der Waals surface area contributed by atoms with E-state index in [4.69, 9.17) is 28.3 Å². The van der Waals surface area contributed by atoms with Crippen LogP contribution in [0.4, 0.5) is 0 Å². The highest BCUT2D eigenvalue weighted by Crippen LogP contribution is 2.18. The number of halogens is 1. The normalized spacial score (nSPS) is 10.4. The summed E-state index contributed by atoms with van der Waals surface area (Å²) in [6.07, 6.45) is 1.55. The molecule has 0 radical (unpaired) electrons. The number of nitriles is 1. The standard InChI is InChI=1S/C7H3ClN4OS/c1-10-6(2-9)12-13-4-5-3-11-7(8)14-5/h3H,4H2/b12-6+. The predicted molar refractivity (Wildman–Crippen MR) is 51.6 cm³/mol. The minimum Gasteiger partial charge on any atom is -0.348 e. The second-order valence-corrected chi connectivity index (χ2v) is 3.69. The summed E-state index contributed by atoms with van der Waals surface area (Å²) in [7, 11) is 0. The van der Waals surface area contributed by atoms with E-state index >= 15 is 0 Å². The zero-order valence-corrected chi connectivity index (χ0v) is 8.34. The summed E-state index contributed by atoms with van der Waals surface area (Å²) in [5.41, 5.74) is 0. The molecule has 0 aliphatic rings. The monoisotopic (exact) mass is 226 g/mol. The number of hydrogen-bond acceptors (Lipinski definition) is 5. The van der Waals surface area contributed by atoms with Crippen molar-refractivity contribution in [3.8, 4) is 6.07 Å². The minimum atomic E-state index is -0.333. The molecule has 1 aromatic heterocycles. The fourth-order valence-electron chi connectivity index (χ4n) is 0.573. The van der Waals surface area contributed by atoms with Crippen molar-refractivity contribution >= 4 is 28.8 Å². The molecule has 0 fully saturated rings. The van der Waals surface area contributed by atoms with Crippen molar-refractivity contribution in [3.63, 3.8) is 0 Å². The van der Waals surface area contributed by atoms with Gasteiger partial charge in [-0.1, -0.05) is 18.2 Å². The average molecular weight is 227 g/mol. The Morgan fingerprint density at radius 2 is 2.71 bits per heavy atom. The maximum absolute atomic E-state index is 8.32. The van der Waals surface area contributed by atoms with Crippen molar-refractivity contribution in [1.29, 1.82) is 5.26 Å². The predicted octanol–water partition coefficient (Wildman–Crippen LogP) is 2.07. The molecule has 0 amide bonds.